The van der Waals surface area contributed by atoms with Gasteiger partial charge in [-0.05, 0) is 32.0 Å². The number of rotatable bonds is 2. The summed E-state index contributed by atoms with van der Waals surface area (Å²) >= 11 is 0. The Kier molecular flexibility index (Phi) is 3.18. The average molecular weight is 249 g/mol. The topological polar surface area (TPSA) is 43.1 Å². The van der Waals surface area contributed by atoms with Crippen molar-refractivity contribution in [2.75, 3.05) is 0 Å². The third kappa shape index (κ3) is 2.57. The van der Waals surface area contributed by atoms with Crippen LogP contribution < -0.4 is 5.73 Å². The molecular weight excluding hydrogens is 238 g/mol. The lowest BCUT2D eigenvalue weighted by Gasteiger charge is -2.22. The van der Waals surface area contributed by atoms with Gasteiger partial charge in [0.2, 0.25) is 5.91 Å². The van der Waals surface area contributed by atoms with E-state index in [4.69, 9.17) is 5.73 Å². The van der Waals surface area contributed by atoms with Gasteiger partial charge in [0.25, 0.3) is 0 Å². The number of carbonyl (C=O) groups excluding carboxylic acids is 1. The minimum absolute atomic E-state index is 0.361. The summed E-state index contributed by atoms with van der Waals surface area (Å²) in [6, 6.07) is 1.92. The second-order valence-electron chi connectivity index (χ2n) is 4.18. The van der Waals surface area contributed by atoms with Crippen LogP contribution in [0.2, 0.25) is 0 Å². The molecular formula is C11H11F4NO. The van der Waals surface area contributed by atoms with Crippen molar-refractivity contribution in [1.29, 1.82) is 0 Å². The van der Waals surface area contributed by atoms with E-state index in [0.717, 1.165) is 0 Å². The summed E-state index contributed by atoms with van der Waals surface area (Å²) < 4.78 is 50.8. The number of halogens is 4. The highest BCUT2D eigenvalue weighted by Crippen LogP contribution is 2.34. The molecule has 0 radical (unpaired) electrons. The Bertz CT molecular complexity index is 451. The van der Waals surface area contributed by atoms with Gasteiger partial charge < -0.3 is 5.73 Å². The first-order valence-electron chi connectivity index (χ1n) is 4.74. The Morgan fingerprint density at radius 3 is 2.18 bits per heavy atom. The monoisotopic (exact) mass is 249 g/mol. The highest BCUT2D eigenvalue weighted by molar-refractivity contribution is 5.85. The van der Waals surface area contributed by atoms with Gasteiger partial charge in [-0.15, -0.1) is 0 Å². The maximum atomic E-state index is 13.4. The number of benzene rings is 1. The molecule has 0 aliphatic heterocycles. The average Bonchev–Trinajstić information content (AvgIpc) is 2.15. The Labute approximate surface area is 95.4 Å². The molecule has 6 heteroatoms. The van der Waals surface area contributed by atoms with E-state index in [1.807, 2.05) is 0 Å². The van der Waals surface area contributed by atoms with Crippen molar-refractivity contribution in [3.63, 3.8) is 0 Å². The molecule has 1 amide bonds. The fourth-order valence-electron chi connectivity index (χ4n) is 1.31. The van der Waals surface area contributed by atoms with E-state index in [0.29, 0.717) is 18.2 Å². The first-order valence-corrected chi connectivity index (χ1v) is 4.74. The van der Waals surface area contributed by atoms with E-state index in [1.165, 1.54) is 13.8 Å². The molecule has 2 N–H and O–H groups in total. The van der Waals surface area contributed by atoms with Gasteiger partial charge in [0.05, 0.1) is 11.0 Å². The molecule has 1 aromatic carbocycles. The Morgan fingerprint density at radius 1 is 1.24 bits per heavy atom. The highest BCUT2D eigenvalue weighted by Gasteiger charge is 2.35. The number of nitrogens with two attached hydrogens (primary N) is 1. The number of hydrogen-bond donors (Lipinski definition) is 1. The molecule has 0 atom stereocenters. The Balaban J connectivity index is 3.39. The van der Waals surface area contributed by atoms with Crippen LogP contribution in [0, 0.1) is 5.82 Å². The molecule has 0 spiro atoms. The van der Waals surface area contributed by atoms with E-state index in [-0.39, 0.29) is 5.56 Å². The highest BCUT2D eigenvalue weighted by atomic mass is 19.4. The molecule has 94 valence electrons. The van der Waals surface area contributed by atoms with Crippen LogP contribution in [0.5, 0.6) is 0 Å². The summed E-state index contributed by atoms with van der Waals surface area (Å²) in [6.07, 6.45) is -4.59. The van der Waals surface area contributed by atoms with Crippen molar-refractivity contribution < 1.29 is 22.4 Å². The maximum absolute atomic E-state index is 13.4. The molecule has 0 saturated carbocycles. The molecule has 0 aliphatic carbocycles. The molecule has 17 heavy (non-hydrogen) atoms. The molecule has 0 bridgehead atoms. The van der Waals surface area contributed by atoms with Crippen LogP contribution in [0.25, 0.3) is 0 Å². The van der Waals surface area contributed by atoms with E-state index in [9.17, 15) is 22.4 Å². The van der Waals surface area contributed by atoms with Gasteiger partial charge in [-0.2, -0.15) is 13.2 Å². The van der Waals surface area contributed by atoms with Gasteiger partial charge in [-0.25, -0.2) is 4.39 Å². The van der Waals surface area contributed by atoms with Crippen molar-refractivity contribution in [1.82, 2.24) is 0 Å². The van der Waals surface area contributed by atoms with Gasteiger partial charge in [0.1, 0.15) is 5.82 Å². The van der Waals surface area contributed by atoms with Crippen LogP contribution in [0.3, 0.4) is 0 Å². The van der Waals surface area contributed by atoms with Gasteiger partial charge >= 0.3 is 6.18 Å². The van der Waals surface area contributed by atoms with Gasteiger partial charge in [0.15, 0.2) is 0 Å². The Morgan fingerprint density at radius 2 is 1.76 bits per heavy atom. The lowest BCUT2D eigenvalue weighted by atomic mass is 9.83. The van der Waals surface area contributed by atoms with E-state index >= 15 is 0 Å². The zero-order chi connectivity index (χ0) is 13.4. The molecule has 0 saturated heterocycles. The summed E-state index contributed by atoms with van der Waals surface area (Å²) in [4.78, 5) is 11.1. The van der Waals surface area contributed by atoms with Crippen LogP contribution in [-0.2, 0) is 16.4 Å². The van der Waals surface area contributed by atoms with E-state index < -0.39 is 28.9 Å². The van der Waals surface area contributed by atoms with Gasteiger partial charge in [0, 0.05) is 5.56 Å². The molecule has 2 nitrogen and oxygen atoms in total. The van der Waals surface area contributed by atoms with Crippen molar-refractivity contribution >= 4 is 5.91 Å². The van der Waals surface area contributed by atoms with E-state index in [1.54, 1.807) is 0 Å². The van der Waals surface area contributed by atoms with Crippen LogP contribution in [0.15, 0.2) is 18.2 Å². The second kappa shape index (κ2) is 4.01. The van der Waals surface area contributed by atoms with Crippen molar-refractivity contribution in [2.45, 2.75) is 25.4 Å². The third-order valence-corrected chi connectivity index (χ3v) is 2.58. The van der Waals surface area contributed by atoms with Gasteiger partial charge in [-0.1, -0.05) is 0 Å². The third-order valence-electron chi connectivity index (χ3n) is 2.58. The minimum atomic E-state index is -4.59. The quantitative estimate of drug-likeness (QED) is 0.804. The zero-order valence-corrected chi connectivity index (χ0v) is 9.23. The zero-order valence-electron chi connectivity index (χ0n) is 9.23. The summed E-state index contributed by atoms with van der Waals surface area (Å²) in [5, 5.41) is 0. The lowest BCUT2D eigenvalue weighted by molar-refractivity contribution is -0.137. The summed E-state index contributed by atoms with van der Waals surface area (Å²) in [6.45, 7) is 2.54. The predicted molar refractivity (Wildman–Crippen MR) is 53.6 cm³/mol. The minimum Gasteiger partial charge on any atom is -0.369 e. The fourth-order valence-corrected chi connectivity index (χ4v) is 1.31. The molecule has 1 aromatic rings. The standard InChI is InChI=1S/C11H11F4NO/c1-10(2,9(16)17)7-5-6(11(13,14)15)3-4-8(7)12/h3-5H,1-2H3,(H2,16,17). The van der Waals surface area contributed by atoms with Crippen molar-refractivity contribution in [2.24, 2.45) is 5.73 Å². The first-order chi connectivity index (χ1) is 7.56. The second-order valence-corrected chi connectivity index (χ2v) is 4.18. The van der Waals surface area contributed by atoms with Crippen LogP contribution in [0.1, 0.15) is 25.0 Å². The number of primary amides is 1. The molecule has 0 aliphatic rings. The number of carbonyl (C=O) groups is 1. The summed E-state index contributed by atoms with van der Waals surface area (Å²) in [5.74, 6) is -1.78. The normalized spacial score (nSPS) is 12.6. The smallest absolute Gasteiger partial charge is 0.369 e. The fraction of sp³-hybridized carbons (Fsp3) is 0.364. The SMILES string of the molecule is CC(C)(C(N)=O)c1cc(C(F)(F)F)ccc1F. The molecule has 0 unspecified atom stereocenters. The maximum Gasteiger partial charge on any atom is 0.416 e. The van der Waals surface area contributed by atoms with Crippen LogP contribution in [0.4, 0.5) is 17.6 Å². The van der Waals surface area contributed by atoms with Gasteiger partial charge in [-0.3, -0.25) is 4.79 Å². The molecule has 0 fully saturated rings. The Hall–Kier alpha value is -1.59. The van der Waals surface area contributed by atoms with Crippen molar-refractivity contribution in [3.8, 4) is 0 Å². The largest absolute Gasteiger partial charge is 0.416 e. The number of alkyl halides is 3. The van der Waals surface area contributed by atoms with Crippen LogP contribution >= 0.6 is 0 Å². The molecule has 0 aromatic heterocycles. The molecule has 1 rings (SSSR count). The van der Waals surface area contributed by atoms with Crippen LogP contribution in [-0.4, -0.2) is 5.91 Å². The first kappa shape index (κ1) is 13.5. The summed E-state index contributed by atoms with van der Waals surface area (Å²) in [7, 11) is 0. The number of hydrogen-bond acceptors (Lipinski definition) is 1. The lowest BCUT2D eigenvalue weighted by Crippen LogP contribution is -2.36. The molecule has 0 heterocycles. The summed E-state index contributed by atoms with van der Waals surface area (Å²) in [5.41, 5.74) is 2.18. The number of amides is 1. The van der Waals surface area contributed by atoms with Crippen molar-refractivity contribution in [3.05, 3.63) is 35.1 Å². The van der Waals surface area contributed by atoms with E-state index in [2.05, 4.69) is 0 Å². The predicted octanol–water partition coefficient (Wildman–Crippen LogP) is 2.61.